The van der Waals surface area contributed by atoms with Crippen molar-refractivity contribution < 1.29 is 36.2 Å². The van der Waals surface area contributed by atoms with Gasteiger partial charge in [0.15, 0.2) is 5.76 Å². The lowest BCUT2D eigenvalue weighted by Gasteiger charge is -2.12. The number of aryl methyl sites for hydroxylation is 1. The van der Waals surface area contributed by atoms with Crippen molar-refractivity contribution in [1.29, 1.82) is 0 Å². The fraction of sp³-hybridized carbons (Fsp3) is 0.273. The monoisotopic (exact) mass is 482 g/mol. The second-order valence-corrected chi connectivity index (χ2v) is 9.22. The second kappa shape index (κ2) is 8.54. The fourth-order valence-electron chi connectivity index (χ4n) is 3.52. The molecule has 0 saturated carbocycles. The average Bonchev–Trinajstić information content (AvgIpc) is 3.15. The predicted octanol–water partition coefficient (Wildman–Crippen LogP) is 4.58. The smallest absolute Gasteiger partial charge is 0.501 e. The normalized spacial score (nSPS) is 15.8. The molecule has 1 aromatic heterocycles. The largest absolute Gasteiger partial charge is 0.505 e. The van der Waals surface area contributed by atoms with Gasteiger partial charge in [-0.15, -0.1) is 0 Å². The van der Waals surface area contributed by atoms with E-state index in [-0.39, 0.29) is 23.6 Å². The number of aliphatic hydroxyl groups is 1. The Morgan fingerprint density at radius 1 is 1.18 bits per heavy atom. The Bertz CT molecular complexity index is 1310. The van der Waals surface area contributed by atoms with Crippen molar-refractivity contribution in [2.45, 2.75) is 38.1 Å². The minimum Gasteiger partial charge on any atom is -0.505 e. The lowest BCUT2D eigenvalue weighted by molar-refractivity contribution is -0.138. The molecule has 3 rings (SSSR count). The molecule has 0 saturated heterocycles. The molecule has 2 heterocycles. The third-order valence-electron chi connectivity index (χ3n) is 5.08. The van der Waals surface area contributed by atoms with E-state index in [9.17, 15) is 31.5 Å². The van der Waals surface area contributed by atoms with Gasteiger partial charge in [-0.25, -0.2) is 18.2 Å². The van der Waals surface area contributed by atoms with Gasteiger partial charge in [0, 0.05) is 17.1 Å². The van der Waals surface area contributed by atoms with E-state index >= 15 is 0 Å². The SMILES string of the molecule is CCOC(=O)C1=C(O)/C(=C\c2cc(C)n(-c3ccc(S(=O)(=O)C(F)(F)F)cc3)c2C)N=C1C. The molecule has 0 spiro atoms. The summed E-state index contributed by atoms with van der Waals surface area (Å²) in [5.41, 5.74) is -2.45. The highest BCUT2D eigenvalue weighted by atomic mass is 32.2. The molecule has 7 nitrogen and oxygen atoms in total. The Balaban J connectivity index is 2.00. The molecule has 0 unspecified atom stereocenters. The number of hydrogen-bond donors (Lipinski definition) is 1. The third-order valence-corrected chi connectivity index (χ3v) is 6.58. The predicted molar refractivity (Wildman–Crippen MR) is 116 cm³/mol. The van der Waals surface area contributed by atoms with Crippen molar-refractivity contribution in [2.24, 2.45) is 4.99 Å². The van der Waals surface area contributed by atoms with Gasteiger partial charge in [-0.2, -0.15) is 13.2 Å². The van der Waals surface area contributed by atoms with Gasteiger partial charge in [-0.05, 0) is 69.7 Å². The van der Waals surface area contributed by atoms with E-state index in [1.165, 1.54) is 12.1 Å². The zero-order valence-corrected chi connectivity index (χ0v) is 19.0. The zero-order chi connectivity index (χ0) is 24.7. The Morgan fingerprint density at radius 3 is 2.33 bits per heavy atom. The summed E-state index contributed by atoms with van der Waals surface area (Å²) >= 11 is 0. The lowest BCUT2D eigenvalue weighted by Crippen LogP contribution is -2.23. The maximum absolute atomic E-state index is 12.8. The number of alkyl halides is 3. The van der Waals surface area contributed by atoms with Crippen LogP contribution in [-0.4, -0.2) is 41.9 Å². The first-order valence-corrected chi connectivity index (χ1v) is 11.3. The number of halogens is 3. The van der Waals surface area contributed by atoms with Crippen LogP contribution in [0.1, 0.15) is 30.8 Å². The average molecular weight is 482 g/mol. The highest BCUT2D eigenvalue weighted by Gasteiger charge is 2.46. The fourth-order valence-corrected chi connectivity index (χ4v) is 4.29. The van der Waals surface area contributed by atoms with Crippen LogP contribution in [0.5, 0.6) is 0 Å². The molecule has 0 radical (unpaired) electrons. The van der Waals surface area contributed by atoms with Crippen LogP contribution in [0.15, 0.2) is 57.2 Å². The molecular weight excluding hydrogens is 461 g/mol. The van der Waals surface area contributed by atoms with Gasteiger partial charge >= 0.3 is 11.5 Å². The zero-order valence-electron chi connectivity index (χ0n) is 18.2. The molecule has 1 aliphatic heterocycles. The number of hydrogen-bond acceptors (Lipinski definition) is 6. The first-order valence-electron chi connectivity index (χ1n) is 9.78. The van der Waals surface area contributed by atoms with E-state index in [0.29, 0.717) is 28.4 Å². The summed E-state index contributed by atoms with van der Waals surface area (Å²) in [7, 11) is -5.44. The number of aliphatic imine (C=N–C) groups is 1. The van der Waals surface area contributed by atoms with Crippen LogP contribution in [0, 0.1) is 13.8 Å². The number of carbonyl (C=O) groups is 1. The van der Waals surface area contributed by atoms with E-state index in [0.717, 1.165) is 12.1 Å². The first kappa shape index (κ1) is 24.3. The molecule has 0 atom stereocenters. The molecule has 1 aromatic carbocycles. The number of carbonyl (C=O) groups excluding carboxylic acids is 1. The maximum atomic E-state index is 12.8. The molecule has 0 fully saturated rings. The van der Waals surface area contributed by atoms with Gasteiger partial charge < -0.3 is 14.4 Å². The number of esters is 1. The number of rotatable bonds is 5. The summed E-state index contributed by atoms with van der Waals surface area (Å²) in [6, 6.07) is 6.14. The van der Waals surface area contributed by atoms with Gasteiger partial charge in [0.2, 0.25) is 0 Å². The number of aromatic nitrogens is 1. The summed E-state index contributed by atoms with van der Waals surface area (Å²) in [6.45, 7) is 6.87. The number of ether oxygens (including phenoxy) is 1. The van der Waals surface area contributed by atoms with Crippen LogP contribution in [0.3, 0.4) is 0 Å². The third kappa shape index (κ3) is 4.32. The van der Waals surface area contributed by atoms with E-state index in [2.05, 4.69) is 4.99 Å². The van der Waals surface area contributed by atoms with Crippen LogP contribution >= 0.6 is 0 Å². The van der Waals surface area contributed by atoms with Crippen molar-refractivity contribution in [3.05, 3.63) is 64.3 Å². The lowest BCUT2D eigenvalue weighted by atomic mass is 10.1. The summed E-state index contributed by atoms with van der Waals surface area (Å²) in [6.07, 6.45) is 1.58. The van der Waals surface area contributed by atoms with Gasteiger partial charge in [-0.1, -0.05) is 0 Å². The highest BCUT2D eigenvalue weighted by molar-refractivity contribution is 7.92. The Morgan fingerprint density at radius 2 is 1.79 bits per heavy atom. The topological polar surface area (TPSA) is 98.0 Å². The summed E-state index contributed by atoms with van der Waals surface area (Å²) in [5.74, 6) is -0.989. The Labute approximate surface area is 188 Å². The molecule has 11 heteroatoms. The van der Waals surface area contributed by atoms with E-state index in [1.54, 1.807) is 44.4 Å². The molecule has 0 amide bonds. The van der Waals surface area contributed by atoms with Gasteiger partial charge in [-0.3, -0.25) is 0 Å². The quantitative estimate of drug-likeness (QED) is 0.630. The molecule has 0 bridgehead atoms. The summed E-state index contributed by atoms with van der Waals surface area (Å²) in [4.78, 5) is 15.5. The molecule has 0 aliphatic carbocycles. The minimum absolute atomic E-state index is 0.0154. The molecule has 1 N–H and O–H groups in total. The Hall–Kier alpha value is -3.34. The standard InChI is InChI=1S/C22H21F3N2O5S/c1-5-32-21(29)19-13(3)26-18(20(19)28)11-15-10-12(2)27(14(15)4)16-6-8-17(9-7-16)33(30,31)22(23,24)25/h6-11,28H,5H2,1-4H3/b18-11+. The Kier molecular flexibility index (Phi) is 6.29. The van der Waals surface area contributed by atoms with Crippen LogP contribution in [0.4, 0.5) is 13.2 Å². The molecular formula is C22H21F3N2O5S. The van der Waals surface area contributed by atoms with Crippen LogP contribution in [0.2, 0.25) is 0 Å². The maximum Gasteiger partial charge on any atom is 0.501 e. The van der Waals surface area contributed by atoms with Crippen molar-refractivity contribution in [2.75, 3.05) is 6.61 Å². The van der Waals surface area contributed by atoms with Crippen molar-refractivity contribution in [3.63, 3.8) is 0 Å². The van der Waals surface area contributed by atoms with Crippen LogP contribution in [0.25, 0.3) is 11.8 Å². The van der Waals surface area contributed by atoms with Gasteiger partial charge in [0.05, 0.1) is 17.2 Å². The molecule has 176 valence electrons. The highest BCUT2D eigenvalue weighted by Crippen LogP contribution is 2.32. The number of sulfone groups is 1. The molecule has 1 aliphatic rings. The van der Waals surface area contributed by atoms with Crippen molar-refractivity contribution in [1.82, 2.24) is 4.57 Å². The number of nitrogens with zero attached hydrogens (tertiary/aromatic N) is 2. The first-order chi connectivity index (χ1) is 15.3. The second-order valence-electron chi connectivity index (χ2n) is 7.28. The summed E-state index contributed by atoms with van der Waals surface area (Å²) in [5, 5.41) is 10.5. The van der Waals surface area contributed by atoms with E-state index in [1.807, 2.05) is 0 Å². The van der Waals surface area contributed by atoms with Crippen LogP contribution in [-0.2, 0) is 19.4 Å². The molecule has 2 aromatic rings. The van der Waals surface area contributed by atoms with E-state index in [4.69, 9.17) is 4.74 Å². The van der Waals surface area contributed by atoms with Gasteiger partial charge in [0.25, 0.3) is 9.84 Å². The van der Waals surface area contributed by atoms with Crippen molar-refractivity contribution >= 4 is 27.6 Å². The van der Waals surface area contributed by atoms with Crippen molar-refractivity contribution in [3.8, 4) is 5.69 Å². The summed E-state index contributed by atoms with van der Waals surface area (Å²) < 4.78 is 68.2. The van der Waals surface area contributed by atoms with Gasteiger partial charge in [0.1, 0.15) is 11.3 Å². The number of aliphatic hydroxyl groups excluding tert-OH is 1. The van der Waals surface area contributed by atoms with E-state index < -0.39 is 26.2 Å². The number of benzene rings is 1. The van der Waals surface area contributed by atoms with Crippen LogP contribution < -0.4 is 0 Å². The molecule has 33 heavy (non-hydrogen) atoms. The minimum atomic E-state index is -5.44.